The summed E-state index contributed by atoms with van der Waals surface area (Å²) in [6.45, 7) is 4.38. The van der Waals surface area contributed by atoms with Gasteiger partial charge in [0.05, 0.1) is 21.3 Å². The van der Waals surface area contributed by atoms with E-state index < -0.39 is 0 Å². The summed E-state index contributed by atoms with van der Waals surface area (Å²) < 4.78 is 16.0. The molecule has 1 heterocycles. The van der Waals surface area contributed by atoms with Crippen LogP contribution in [0.3, 0.4) is 0 Å². The summed E-state index contributed by atoms with van der Waals surface area (Å²) >= 11 is 0. The second kappa shape index (κ2) is 9.66. The molecule has 1 saturated heterocycles. The summed E-state index contributed by atoms with van der Waals surface area (Å²) in [5, 5.41) is 0. The highest BCUT2D eigenvalue weighted by molar-refractivity contribution is 6.01. The zero-order chi connectivity index (χ0) is 18.2. The monoisotopic (exact) mass is 349 g/mol. The summed E-state index contributed by atoms with van der Waals surface area (Å²) in [4.78, 5) is 15.3. The maximum atomic E-state index is 12.8. The molecule has 25 heavy (non-hydrogen) atoms. The van der Waals surface area contributed by atoms with Crippen molar-refractivity contribution in [2.45, 2.75) is 51.5 Å². The van der Waals surface area contributed by atoms with Gasteiger partial charge in [-0.05, 0) is 38.8 Å². The Morgan fingerprint density at radius 1 is 1.12 bits per heavy atom. The molecule has 5 nitrogen and oxygen atoms in total. The Hall–Kier alpha value is -1.75. The number of carbonyl (C=O) groups excluding carboxylic acids is 1. The fraction of sp³-hybridized carbons (Fsp3) is 0.650. The van der Waals surface area contributed by atoms with Gasteiger partial charge in [0.25, 0.3) is 0 Å². The van der Waals surface area contributed by atoms with Crippen molar-refractivity contribution in [3.05, 3.63) is 17.7 Å². The molecule has 0 spiro atoms. The first-order valence-electron chi connectivity index (χ1n) is 9.21. The van der Waals surface area contributed by atoms with Gasteiger partial charge >= 0.3 is 0 Å². The van der Waals surface area contributed by atoms with Gasteiger partial charge in [0, 0.05) is 24.6 Å². The van der Waals surface area contributed by atoms with Gasteiger partial charge in [-0.25, -0.2) is 0 Å². The minimum absolute atomic E-state index is 0.0569. The highest BCUT2D eigenvalue weighted by atomic mass is 16.5. The Morgan fingerprint density at radius 2 is 1.80 bits per heavy atom. The molecule has 0 N–H and O–H groups in total. The Labute approximate surface area is 151 Å². The van der Waals surface area contributed by atoms with Gasteiger partial charge in [0.15, 0.2) is 5.78 Å². The van der Waals surface area contributed by atoms with E-state index in [0.29, 0.717) is 35.3 Å². The third kappa shape index (κ3) is 4.88. The van der Waals surface area contributed by atoms with Crippen molar-refractivity contribution < 1.29 is 19.0 Å². The van der Waals surface area contributed by atoms with Crippen LogP contribution in [0.25, 0.3) is 0 Å². The van der Waals surface area contributed by atoms with Crippen LogP contribution in [0.15, 0.2) is 12.1 Å². The molecule has 2 rings (SSSR count). The SMILES string of the molecule is CCC1CCCCN1CCCC(=O)c1c(OC)cc(OC)cc1OC. The minimum atomic E-state index is 0.0569. The maximum Gasteiger partial charge on any atom is 0.170 e. The largest absolute Gasteiger partial charge is 0.496 e. The number of carbonyl (C=O) groups is 1. The number of likely N-dealkylation sites (tertiary alicyclic amines) is 1. The van der Waals surface area contributed by atoms with Gasteiger partial charge in [-0.15, -0.1) is 0 Å². The molecule has 0 saturated carbocycles. The van der Waals surface area contributed by atoms with Crippen LogP contribution >= 0.6 is 0 Å². The van der Waals surface area contributed by atoms with Crippen LogP contribution in [0.4, 0.5) is 0 Å². The van der Waals surface area contributed by atoms with Crippen LogP contribution in [0.2, 0.25) is 0 Å². The van der Waals surface area contributed by atoms with Gasteiger partial charge in [-0.2, -0.15) is 0 Å². The van der Waals surface area contributed by atoms with E-state index >= 15 is 0 Å². The van der Waals surface area contributed by atoms with Gasteiger partial charge in [-0.1, -0.05) is 13.3 Å². The Balaban J connectivity index is 2.02. The molecule has 0 bridgehead atoms. The normalized spacial score (nSPS) is 18.0. The summed E-state index contributed by atoms with van der Waals surface area (Å²) in [6, 6.07) is 4.13. The first-order chi connectivity index (χ1) is 12.1. The van der Waals surface area contributed by atoms with E-state index in [0.717, 1.165) is 19.5 Å². The predicted octanol–water partition coefficient (Wildman–Crippen LogP) is 3.94. The van der Waals surface area contributed by atoms with Crippen LogP contribution < -0.4 is 14.2 Å². The number of Topliss-reactive ketones (excluding diaryl/α,β-unsaturated/α-hetero) is 1. The number of nitrogens with zero attached hydrogens (tertiary/aromatic N) is 1. The molecule has 0 aliphatic carbocycles. The van der Waals surface area contributed by atoms with E-state index in [1.165, 1.54) is 25.7 Å². The summed E-state index contributed by atoms with van der Waals surface area (Å²) in [7, 11) is 4.70. The van der Waals surface area contributed by atoms with E-state index in [-0.39, 0.29) is 5.78 Å². The van der Waals surface area contributed by atoms with Crippen LogP contribution in [0.1, 0.15) is 55.8 Å². The van der Waals surface area contributed by atoms with Gasteiger partial charge in [0.2, 0.25) is 0 Å². The molecule has 1 atom stereocenters. The first kappa shape index (κ1) is 19.6. The Morgan fingerprint density at radius 3 is 2.36 bits per heavy atom. The Bertz CT molecular complexity index is 548. The molecule has 0 radical (unpaired) electrons. The number of benzene rings is 1. The van der Waals surface area contributed by atoms with Crippen LogP contribution in [0.5, 0.6) is 17.2 Å². The molecule has 0 aromatic heterocycles. The lowest BCUT2D eigenvalue weighted by atomic mass is 9.99. The second-order valence-corrected chi connectivity index (χ2v) is 6.53. The number of methoxy groups -OCH3 is 3. The lowest BCUT2D eigenvalue weighted by molar-refractivity contribution is 0.0953. The summed E-state index contributed by atoms with van der Waals surface area (Å²) in [6.07, 6.45) is 6.41. The first-order valence-corrected chi connectivity index (χ1v) is 9.21. The average molecular weight is 349 g/mol. The molecule has 1 aromatic rings. The van der Waals surface area contributed by atoms with Crippen LogP contribution in [0, 0.1) is 0 Å². The fourth-order valence-corrected chi connectivity index (χ4v) is 3.66. The summed E-state index contributed by atoms with van der Waals surface area (Å²) in [5.41, 5.74) is 0.511. The van der Waals surface area contributed by atoms with Crippen molar-refractivity contribution in [2.24, 2.45) is 0 Å². The van der Waals surface area contributed by atoms with Crippen molar-refractivity contribution in [3.8, 4) is 17.2 Å². The number of hydrogen-bond donors (Lipinski definition) is 0. The van der Waals surface area contributed by atoms with Crippen molar-refractivity contribution in [3.63, 3.8) is 0 Å². The van der Waals surface area contributed by atoms with E-state index in [1.54, 1.807) is 33.5 Å². The number of ether oxygens (including phenoxy) is 3. The fourth-order valence-electron chi connectivity index (χ4n) is 3.66. The van der Waals surface area contributed by atoms with Crippen molar-refractivity contribution in [1.29, 1.82) is 0 Å². The average Bonchev–Trinajstić information content (AvgIpc) is 2.66. The quantitative estimate of drug-likeness (QED) is 0.632. The van der Waals surface area contributed by atoms with E-state index in [4.69, 9.17) is 14.2 Å². The van der Waals surface area contributed by atoms with E-state index in [2.05, 4.69) is 11.8 Å². The van der Waals surface area contributed by atoms with E-state index in [1.807, 2.05) is 0 Å². The lowest BCUT2D eigenvalue weighted by Gasteiger charge is -2.35. The molecule has 0 amide bonds. The van der Waals surface area contributed by atoms with Gasteiger partial charge < -0.3 is 19.1 Å². The molecular formula is C20H31NO4. The minimum Gasteiger partial charge on any atom is -0.496 e. The molecular weight excluding hydrogens is 318 g/mol. The zero-order valence-electron chi connectivity index (χ0n) is 16.0. The zero-order valence-corrected chi connectivity index (χ0v) is 16.0. The van der Waals surface area contributed by atoms with E-state index in [9.17, 15) is 4.79 Å². The number of hydrogen-bond acceptors (Lipinski definition) is 5. The molecule has 1 aromatic carbocycles. The molecule has 140 valence electrons. The van der Waals surface area contributed by atoms with Crippen LogP contribution in [-0.4, -0.2) is 51.1 Å². The topological polar surface area (TPSA) is 48.0 Å². The number of ketones is 1. The van der Waals surface area contributed by atoms with Crippen molar-refractivity contribution in [2.75, 3.05) is 34.4 Å². The Kier molecular flexibility index (Phi) is 7.56. The molecule has 5 heteroatoms. The van der Waals surface area contributed by atoms with Crippen LogP contribution in [-0.2, 0) is 0 Å². The highest BCUT2D eigenvalue weighted by Gasteiger charge is 2.23. The number of rotatable bonds is 9. The third-order valence-corrected chi connectivity index (χ3v) is 5.06. The van der Waals surface area contributed by atoms with Crippen molar-refractivity contribution in [1.82, 2.24) is 4.90 Å². The van der Waals surface area contributed by atoms with Crippen molar-refractivity contribution >= 4 is 5.78 Å². The molecule has 1 aliphatic heterocycles. The lowest BCUT2D eigenvalue weighted by Crippen LogP contribution is -2.39. The highest BCUT2D eigenvalue weighted by Crippen LogP contribution is 2.35. The third-order valence-electron chi connectivity index (χ3n) is 5.06. The molecule has 1 aliphatic rings. The standard InChI is InChI=1S/C20H31NO4/c1-5-15-9-6-7-11-21(15)12-8-10-17(22)20-18(24-3)13-16(23-2)14-19(20)25-4/h13-15H,5-12H2,1-4H3. The van der Waals surface area contributed by atoms with Gasteiger partial charge in [-0.3, -0.25) is 4.79 Å². The maximum absolute atomic E-state index is 12.8. The summed E-state index contributed by atoms with van der Waals surface area (Å²) in [5.74, 6) is 1.68. The smallest absolute Gasteiger partial charge is 0.170 e. The number of piperidine rings is 1. The predicted molar refractivity (Wildman–Crippen MR) is 99.2 cm³/mol. The second-order valence-electron chi connectivity index (χ2n) is 6.53. The molecule has 1 fully saturated rings. The van der Waals surface area contributed by atoms with Gasteiger partial charge in [0.1, 0.15) is 22.8 Å². The molecule has 1 unspecified atom stereocenters.